The molecular weight excluding hydrogens is 441 g/mol. The number of ether oxygens (including phenoxy) is 1. The van der Waals surface area contributed by atoms with Gasteiger partial charge in [-0.15, -0.1) is 10.2 Å². The highest BCUT2D eigenvalue weighted by Gasteiger charge is 2.26. The predicted molar refractivity (Wildman–Crippen MR) is 115 cm³/mol. The van der Waals surface area contributed by atoms with Gasteiger partial charge in [-0.25, -0.2) is 17.5 Å². The van der Waals surface area contributed by atoms with Crippen molar-refractivity contribution in [2.24, 2.45) is 0 Å². The number of aromatic nitrogens is 3. The van der Waals surface area contributed by atoms with Crippen LogP contribution in [0, 0.1) is 5.82 Å². The number of nitrogen functional groups attached to an aromatic ring is 1. The molecule has 0 atom stereocenters. The van der Waals surface area contributed by atoms with Gasteiger partial charge in [0.15, 0.2) is 5.82 Å². The van der Waals surface area contributed by atoms with Crippen LogP contribution in [-0.2, 0) is 26.9 Å². The van der Waals surface area contributed by atoms with Crippen molar-refractivity contribution in [1.29, 1.82) is 0 Å². The zero-order valence-electron chi connectivity index (χ0n) is 16.6. The molecule has 11 heteroatoms. The van der Waals surface area contributed by atoms with Crippen LogP contribution in [0.5, 0.6) is 0 Å². The Hall–Kier alpha value is -2.47. The zero-order valence-corrected chi connectivity index (χ0v) is 18.3. The van der Waals surface area contributed by atoms with E-state index in [4.69, 9.17) is 10.6 Å². The van der Waals surface area contributed by atoms with Crippen LogP contribution in [0.25, 0.3) is 0 Å². The molecule has 3 aromatic rings. The molecule has 0 bridgehead atoms. The van der Waals surface area contributed by atoms with E-state index in [0.29, 0.717) is 48.6 Å². The molecule has 2 aromatic carbocycles. The standard InChI is InChI=1S/C20H22FN5O3S2/c21-18-7-2-1-5-16(18)13-19-23-24-20(26(19)22)30-14-15-4-3-6-17(12-15)31(27,28)25-8-10-29-11-9-25/h1-7,12H,8-11,13-14,22H2. The normalized spacial score (nSPS) is 15.3. The molecule has 8 nitrogen and oxygen atoms in total. The number of hydrogen-bond acceptors (Lipinski definition) is 7. The number of nitrogens with two attached hydrogens (primary N) is 1. The van der Waals surface area contributed by atoms with E-state index < -0.39 is 10.0 Å². The van der Waals surface area contributed by atoms with Gasteiger partial charge in [0.25, 0.3) is 0 Å². The number of hydrogen-bond donors (Lipinski definition) is 1. The van der Waals surface area contributed by atoms with Gasteiger partial charge in [0, 0.05) is 25.3 Å². The molecule has 31 heavy (non-hydrogen) atoms. The summed E-state index contributed by atoms with van der Waals surface area (Å²) >= 11 is 1.33. The molecule has 0 spiro atoms. The lowest BCUT2D eigenvalue weighted by Gasteiger charge is -2.26. The Bertz CT molecular complexity index is 1160. The van der Waals surface area contributed by atoms with Gasteiger partial charge in [-0.1, -0.05) is 42.1 Å². The average Bonchev–Trinajstić information content (AvgIpc) is 3.14. The quantitative estimate of drug-likeness (QED) is 0.422. The van der Waals surface area contributed by atoms with Crippen molar-refractivity contribution in [2.75, 3.05) is 32.1 Å². The Balaban J connectivity index is 1.45. The number of halogens is 1. The van der Waals surface area contributed by atoms with Gasteiger partial charge in [-0.05, 0) is 29.3 Å². The minimum Gasteiger partial charge on any atom is -0.379 e. The Labute approximate surface area is 184 Å². The molecule has 1 aromatic heterocycles. The van der Waals surface area contributed by atoms with Crippen LogP contribution in [0.3, 0.4) is 0 Å². The van der Waals surface area contributed by atoms with E-state index >= 15 is 0 Å². The SMILES string of the molecule is Nn1c(Cc2ccccc2F)nnc1SCc1cccc(S(=O)(=O)N2CCOCC2)c1. The van der Waals surface area contributed by atoms with E-state index in [0.717, 1.165) is 5.56 Å². The van der Waals surface area contributed by atoms with Gasteiger partial charge in [-0.3, -0.25) is 0 Å². The molecule has 0 radical (unpaired) electrons. The molecule has 0 aliphatic carbocycles. The Morgan fingerprint density at radius 3 is 2.65 bits per heavy atom. The predicted octanol–water partition coefficient (Wildman–Crippen LogP) is 2.04. The Morgan fingerprint density at radius 2 is 1.87 bits per heavy atom. The van der Waals surface area contributed by atoms with E-state index in [1.807, 2.05) is 6.07 Å². The minimum absolute atomic E-state index is 0.226. The molecule has 1 aliphatic heterocycles. The van der Waals surface area contributed by atoms with Crippen LogP contribution in [0.2, 0.25) is 0 Å². The van der Waals surface area contributed by atoms with Crippen molar-refractivity contribution >= 4 is 21.8 Å². The summed E-state index contributed by atoms with van der Waals surface area (Å²) < 4.78 is 47.6. The molecule has 2 heterocycles. The molecule has 164 valence electrons. The molecule has 1 aliphatic rings. The van der Waals surface area contributed by atoms with Crippen LogP contribution >= 0.6 is 11.8 Å². The summed E-state index contributed by atoms with van der Waals surface area (Å²) in [7, 11) is -3.56. The smallest absolute Gasteiger partial charge is 0.243 e. The first-order chi connectivity index (χ1) is 14.9. The number of benzene rings is 2. The largest absolute Gasteiger partial charge is 0.379 e. The summed E-state index contributed by atoms with van der Waals surface area (Å²) in [6.07, 6.45) is 0.226. The van der Waals surface area contributed by atoms with Crippen LogP contribution in [0.15, 0.2) is 58.6 Å². The maximum atomic E-state index is 13.9. The average molecular weight is 464 g/mol. The third kappa shape index (κ3) is 4.90. The number of thioether (sulfide) groups is 1. The van der Waals surface area contributed by atoms with Gasteiger partial charge in [0.1, 0.15) is 5.82 Å². The van der Waals surface area contributed by atoms with Gasteiger partial charge in [-0.2, -0.15) is 4.31 Å². The lowest BCUT2D eigenvalue weighted by atomic mass is 10.1. The fourth-order valence-corrected chi connectivity index (χ4v) is 5.52. The topological polar surface area (TPSA) is 103 Å². The summed E-state index contributed by atoms with van der Waals surface area (Å²) in [5.41, 5.74) is 1.30. The second-order valence-corrected chi connectivity index (χ2v) is 9.87. The number of sulfonamides is 1. The Kier molecular flexibility index (Phi) is 6.56. The highest BCUT2D eigenvalue weighted by Crippen LogP contribution is 2.24. The fourth-order valence-electron chi connectivity index (χ4n) is 3.22. The minimum atomic E-state index is -3.56. The monoisotopic (exact) mass is 463 g/mol. The lowest BCUT2D eigenvalue weighted by molar-refractivity contribution is 0.0730. The van der Waals surface area contributed by atoms with E-state index in [1.165, 1.54) is 26.8 Å². The summed E-state index contributed by atoms with van der Waals surface area (Å²) in [5.74, 6) is 6.68. The van der Waals surface area contributed by atoms with E-state index in [1.54, 1.807) is 36.4 Å². The van der Waals surface area contributed by atoms with Crippen molar-refractivity contribution < 1.29 is 17.5 Å². The van der Waals surface area contributed by atoms with Gasteiger partial charge < -0.3 is 10.6 Å². The summed E-state index contributed by atoms with van der Waals surface area (Å²) in [4.78, 5) is 0.252. The van der Waals surface area contributed by atoms with Crippen molar-refractivity contribution in [3.05, 3.63) is 71.3 Å². The first-order valence-electron chi connectivity index (χ1n) is 9.67. The van der Waals surface area contributed by atoms with Gasteiger partial charge in [0.2, 0.25) is 15.2 Å². The highest BCUT2D eigenvalue weighted by atomic mass is 32.2. The molecule has 4 rings (SSSR count). The van der Waals surface area contributed by atoms with Crippen molar-refractivity contribution in [3.8, 4) is 0 Å². The van der Waals surface area contributed by atoms with Crippen LogP contribution in [-0.4, -0.2) is 53.9 Å². The van der Waals surface area contributed by atoms with Crippen molar-refractivity contribution in [1.82, 2.24) is 19.2 Å². The Morgan fingerprint density at radius 1 is 1.10 bits per heavy atom. The summed E-state index contributed by atoms with van der Waals surface area (Å²) in [5, 5.41) is 8.62. The maximum absolute atomic E-state index is 13.9. The van der Waals surface area contributed by atoms with Crippen molar-refractivity contribution in [2.45, 2.75) is 22.2 Å². The molecule has 2 N–H and O–H groups in total. The van der Waals surface area contributed by atoms with Gasteiger partial charge in [0.05, 0.1) is 18.1 Å². The van der Waals surface area contributed by atoms with Crippen LogP contribution in [0.1, 0.15) is 17.0 Å². The van der Waals surface area contributed by atoms with Crippen LogP contribution in [0.4, 0.5) is 4.39 Å². The molecule has 0 saturated carbocycles. The number of rotatable bonds is 7. The molecule has 0 unspecified atom stereocenters. The molecule has 1 saturated heterocycles. The second kappa shape index (κ2) is 9.35. The second-order valence-electron chi connectivity index (χ2n) is 6.99. The highest BCUT2D eigenvalue weighted by molar-refractivity contribution is 7.98. The summed E-state index contributed by atoms with van der Waals surface area (Å²) in [6.45, 7) is 1.50. The first-order valence-corrected chi connectivity index (χ1v) is 12.1. The molecular formula is C20H22FN5O3S2. The zero-order chi connectivity index (χ0) is 21.8. The van der Waals surface area contributed by atoms with Crippen LogP contribution < -0.4 is 5.84 Å². The van der Waals surface area contributed by atoms with E-state index in [-0.39, 0.29) is 17.1 Å². The van der Waals surface area contributed by atoms with E-state index in [9.17, 15) is 12.8 Å². The summed E-state index contributed by atoms with van der Waals surface area (Å²) in [6, 6.07) is 13.3. The van der Waals surface area contributed by atoms with E-state index in [2.05, 4.69) is 10.2 Å². The fraction of sp³-hybridized carbons (Fsp3) is 0.300. The first kappa shape index (κ1) is 21.8. The number of morpholine rings is 1. The maximum Gasteiger partial charge on any atom is 0.243 e. The number of nitrogens with zero attached hydrogens (tertiary/aromatic N) is 4. The third-order valence-electron chi connectivity index (χ3n) is 4.92. The molecule has 1 fully saturated rings. The molecule has 0 amide bonds. The third-order valence-corrected chi connectivity index (χ3v) is 7.82. The lowest BCUT2D eigenvalue weighted by Crippen LogP contribution is -2.40. The van der Waals surface area contributed by atoms with Crippen molar-refractivity contribution in [3.63, 3.8) is 0 Å². The van der Waals surface area contributed by atoms with Gasteiger partial charge >= 0.3 is 0 Å².